The maximum atomic E-state index is 7.60. The van der Waals surface area contributed by atoms with E-state index in [-0.39, 0.29) is 6.15 Å². The zero-order valence-electron chi connectivity index (χ0n) is 7.08. The monoisotopic (exact) mass is 174 g/mol. The predicted octanol–water partition coefficient (Wildman–Crippen LogP) is 3.11. The first-order valence-electron chi connectivity index (χ1n) is 3.54. The quantitative estimate of drug-likeness (QED) is 0.621. The minimum atomic E-state index is 0. The van der Waals surface area contributed by atoms with Crippen LogP contribution in [0.2, 0.25) is 0 Å². The molecule has 0 aromatic carbocycles. The molecule has 4 N–H and O–H groups in total. The molecule has 1 fully saturated rings. The molecule has 0 radical (unpaired) electrons. The summed E-state index contributed by atoms with van der Waals surface area (Å²) in [4.78, 5) is 0. The van der Waals surface area contributed by atoms with E-state index >= 15 is 0 Å². The molecule has 0 bridgehead atoms. The van der Waals surface area contributed by atoms with Gasteiger partial charge in [0.15, 0.2) is 0 Å². The Morgan fingerprint density at radius 1 is 1.36 bits per heavy atom. The summed E-state index contributed by atoms with van der Waals surface area (Å²) in [6.07, 6.45) is 2.36. The number of rotatable bonds is 2. The van der Waals surface area contributed by atoms with Gasteiger partial charge in [0.1, 0.15) is 0 Å². The van der Waals surface area contributed by atoms with Crippen molar-refractivity contribution in [3.63, 3.8) is 0 Å². The van der Waals surface area contributed by atoms with Crippen molar-refractivity contribution in [1.82, 2.24) is 6.15 Å². The fourth-order valence-electron chi connectivity index (χ4n) is 0.864. The van der Waals surface area contributed by atoms with Gasteiger partial charge in [-0.2, -0.15) is 0 Å². The molecule has 0 saturated heterocycles. The molecule has 0 atom stereocenters. The van der Waals surface area contributed by atoms with Gasteiger partial charge in [0, 0.05) is 16.7 Å². The molecule has 0 spiro atoms. The van der Waals surface area contributed by atoms with Crippen molar-refractivity contribution in [1.29, 1.82) is 5.41 Å². The summed E-state index contributed by atoms with van der Waals surface area (Å²) in [5, 5.41) is 8.36. The highest BCUT2D eigenvalue weighted by Gasteiger charge is 2.27. The van der Waals surface area contributed by atoms with Crippen LogP contribution in [0.4, 0.5) is 0 Å². The third kappa shape index (κ3) is 2.64. The maximum absolute atomic E-state index is 7.60. The van der Waals surface area contributed by atoms with E-state index < -0.39 is 0 Å². The Kier molecular flexibility index (Phi) is 3.76. The van der Waals surface area contributed by atoms with E-state index in [0.29, 0.717) is 5.92 Å². The molecule has 64 valence electrons. The van der Waals surface area contributed by atoms with E-state index in [0.717, 1.165) is 16.3 Å². The van der Waals surface area contributed by atoms with E-state index in [1.165, 1.54) is 12.8 Å². The largest absolute Gasteiger partial charge is 0.344 e. The molecule has 0 amide bonds. The van der Waals surface area contributed by atoms with Crippen molar-refractivity contribution in [2.75, 3.05) is 0 Å². The fraction of sp³-hybridized carbons (Fsp3) is 0.625. The maximum Gasteiger partial charge on any atom is 0.0385 e. The normalized spacial score (nSPS) is 18.5. The Labute approximate surface area is 72.7 Å². The van der Waals surface area contributed by atoms with E-state index in [9.17, 15) is 0 Å². The molecule has 0 aromatic rings. The average Bonchev–Trinajstić information content (AvgIpc) is 2.65. The highest BCUT2D eigenvalue weighted by Crippen LogP contribution is 2.33. The van der Waals surface area contributed by atoms with E-state index in [2.05, 4.69) is 0 Å². The van der Waals surface area contributed by atoms with Crippen LogP contribution in [0.25, 0.3) is 0 Å². The molecular weight excluding hydrogens is 160 g/mol. The first-order chi connectivity index (χ1) is 4.63. The Balaban J connectivity index is 0.000001000. The van der Waals surface area contributed by atoms with Crippen molar-refractivity contribution in [3.8, 4) is 0 Å². The van der Waals surface area contributed by atoms with Crippen LogP contribution in [0.5, 0.6) is 0 Å². The summed E-state index contributed by atoms with van der Waals surface area (Å²) >= 11 is 5.73. The van der Waals surface area contributed by atoms with E-state index in [1.807, 2.05) is 13.8 Å². The SMILES string of the molecule is C/C(Cl)=C(/C)C(=N)C1CC1.N. The van der Waals surface area contributed by atoms with Crippen LogP contribution >= 0.6 is 11.6 Å². The van der Waals surface area contributed by atoms with Gasteiger partial charge in [-0.3, -0.25) is 0 Å². The van der Waals surface area contributed by atoms with E-state index in [1.54, 1.807) is 0 Å². The standard InChI is InChI=1S/C8H12ClN.H3N/c1-5(6(2)9)8(10)7-3-4-7;/h7,10H,3-4H2,1-2H3;1H3/b6-5+,10-8?;. The molecule has 2 nitrogen and oxygen atoms in total. The third-order valence-electron chi connectivity index (χ3n) is 1.91. The Morgan fingerprint density at radius 2 is 1.82 bits per heavy atom. The van der Waals surface area contributed by atoms with Gasteiger partial charge in [-0.05, 0) is 32.3 Å². The molecule has 3 heteroatoms. The number of hydrogen-bond acceptors (Lipinski definition) is 2. The fourth-order valence-corrected chi connectivity index (χ4v) is 0.966. The molecule has 11 heavy (non-hydrogen) atoms. The number of nitrogens with one attached hydrogen (secondary N) is 1. The summed E-state index contributed by atoms with van der Waals surface area (Å²) in [7, 11) is 0. The molecule has 1 saturated carbocycles. The van der Waals surface area contributed by atoms with Gasteiger partial charge in [-0.25, -0.2) is 0 Å². The Bertz CT molecular complexity index is 188. The van der Waals surface area contributed by atoms with Gasteiger partial charge >= 0.3 is 0 Å². The lowest BCUT2D eigenvalue weighted by molar-refractivity contribution is 1.14. The molecule has 1 aliphatic carbocycles. The molecular formula is C8H15ClN2. The molecule has 0 heterocycles. The summed E-state index contributed by atoms with van der Waals surface area (Å²) in [6.45, 7) is 3.76. The molecule has 0 unspecified atom stereocenters. The van der Waals surface area contributed by atoms with Crippen molar-refractivity contribution in [2.45, 2.75) is 26.7 Å². The topological polar surface area (TPSA) is 58.9 Å². The lowest BCUT2D eigenvalue weighted by Gasteiger charge is -2.01. The van der Waals surface area contributed by atoms with Crippen LogP contribution in [-0.2, 0) is 0 Å². The van der Waals surface area contributed by atoms with Gasteiger partial charge in [0.25, 0.3) is 0 Å². The van der Waals surface area contributed by atoms with Crippen LogP contribution in [0.1, 0.15) is 26.7 Å². The van der Waals surface area contributed by atoms with Crippen LogP contribution in [0.15, 0.2) is 10.6 Å². The van der Waals surface area contributed by atoms with Gasteiger partial charge in [-0.15, -0.1) is 0 Å². The molecule has 0 aliphatic heterocycles. The Morgan fingerprint density at radius 3 is 2.09 bits per heavy atom. The van der Waals surface area contributed by atoms with Crippen molar-refractivity contribution in [2.24, 2.45) is 5.92 Å². The lowest BCUT2D eigenvalue weighted by Crippen LogP contribution is -2.00. The summed E-state index contributed by atoms with van der Waals surface area (Å²) in [5.41, 5.74) is 1.71. The molecule has 1 rings (SSSR count). The van der Waals surface area contributed by atoms with Gasteiger partial charge in [0.05, 0.1) is 0 Å². The summed E-state index contributed by atoms with van der Waals surface area (Å²) in [5.74, 6) is 0.522. The predicted molar refractivity (Wildman–Crippen MR) is 49.7 cm³/mol. The second kappa shape index (κ2) is 3.88. The second-order valence-corrected chi connectivity index (χ2v) is 3.41. The first kappa shape index (κ1) is 10.7. The summed E-state index contributed by atoms with van der Waals surface area (Å²) in [6, 6.07) is 0. The van der Waals surface area contributed by atoms with Gasteiger partial charge in [-0.1, -0.05) is 11.6 Å². The minimum absolute atomic E-state index is 0. The summed E-state index contributed by atoms with van der Waals surface area (Å²) < 4.78 is 0. The smallest absolute Gasteiger partial charge is 0.0385 e. The number of halogens is 1. The van der Waals surface area contributed by atoms with Gasteiger partial charge < -0.3 is 11.6 Å². The number of allylic oxidation sites excluding steroid dienone is 2. The third-order valence-corrected chi connectivity index (χ3v) is 2.19. The second-order valence-electron chi connectivity index (χ2n) is 2.85. The average molecular weight is 175 g/mol. The lowest BCUT2D eigenvalue weighted by atomic mass is 10.1. The van der Waals surface area contributed by atoms with Crippen LogP contribution < -0.4 is 6.15 Å². The molecule has 1 aliphatic rings. The van der Waals surface area contributed by atoms with Crippen molar-refractivity contribution >= 4 is 17.3 Å². The zero-order valence-corrected chi connectivity index (χ0v) is 7.83. The van der Waals surface area contributed by atoms with Crippen molar-refractivity contribution < 1.29 is 0 Å². The van der Waals surface area contributed by atoms with E-state index in [4.69, 9.17) is 17.0 Å². The van der Waals surface area contributed by atoms with Gasteiger partial charge in [0.2, 0.25) is 0 Å². The first-order valence-corrected chi connectivity index (χ1v) is 3.92. The van der Waals surface area contributed by atoms with Crippen LogP contribution in [0.3, 0.4) is 0 Å². The minimum Gasteiger partial charge on any atom is -0.344 e. The highest BCUT2D eigenvalue weighted by atomic mass is 35.5. The van der Waals surface area contributed by atoms with Crippen LogP contribution in [-0.4, -0.2) is 5.71 Å². The Hall–Kier alpha value is -0.340. The zero-order chi connectivity index (χ0) is 7.72. The highest BCUT2D eigenvalue weighted by molar-refractivity contribution is 6.31. The van der Waals surface area contributed by atoms with Crippen molar-refractivity contribution in [3.05, 3.63) is 10.6 Å². The number of hydrogen-bond donors (Lipinski definition) is 2. The molecule has 0 aromatic heterocycles. The van der Waals surface area contributed by atoms with Crippen LogP contribution in [0, 0.1) is 11.3 Å².